The van der Waals surface area contributed by atoms with Crippen molar-refractivity contribution < 1.29 is 14.7 Å². The van der Waals surface area contributed by atoms with E-state index in [9.17, 15) is 14.7 Å². The topological polar surface area (TPSA) is 81.7 Å². The number of aliphatic hydroxyl groups is 1. The lowest BCUT2D eigenvalue weighted by Crippen LogP contribution is -2.40. The van der Waals surface area contributed by atoms with Crippen molar-refractivity contribution in [2.75, 3.05) is 27.2 Å². The minimum absolute atomic E-state index is 0.0490. The van der Waals surface area contributed by atoms with E-state index in [0.29, 0.717) is 0 Å². The number of carbonyl (C=O) groups excluding carboxylic acids is 2. The van der Waals surface area contributed by atoms with Gasteiger partial charge in [0.05, 0.1) is 12.6 Å². The predicted octanol–water partition coefficient (Wildman–Crippen LogP) is 0.498. The van der Waals surface area contributed by atoms with Gasteiger partial charge in [0, 0.05) is 27.1 Å². The summed E-state index contributed by atoms with van der Waals surface area (Å²) >= 11 is 0. The molecule has 0 spiro atoms. The van der Waals surface area contributed by atoms with Crippen molar-refractivity contribution in [1.29, 1.82) is 0 Å². The molecule has 3 N–H and O–H groups in total. The first kappa shape index (κ1) is 16.0. The number of hydrogen-bond donors (Lipinski definition) is 3. The van der Waals surface area contributed by atoms with Gasteiger partial charge in [-0.2, -0.15) is 0 Å². The van der Waals surface area contributed by atoms with Crippen molar-refractivity contribution >= 4 is 11.9 Å². The van der Waals surface area contributed by atoms with Crippen LogP contribution in [0.4, 0.5) is 4.79 Å². The highest BCUT2D eigenvalue weighted by molar-refractivity contribution is 5.78. The van der Waals surface area contributed by atoms with Crippen LogP contribution in [0.1, 0.15) is 18.0 Å². The van der Waals surface area contributed by atoms with Gasteiger partial charge in [-0.15, -0.1) is 0 Å². The monoisotopic (exact) mass is 279 g/mol. The fourth-order valence-electron chi connectivity index (χ4n) is 1.64. The fraction of sp³-hybridized carbons (Fsp3) is 0.429. The quantitative estimate of drug-likeness (QED) is 0.709. The third-order valence-corrected chi connectivity index (χ3v) is 2.81. The third kappa shape index (κ3) is 5.27. The number of amides is 3. The summed E-state index contributed by atoms with van der Waals surface area (Å²) in [7, 11) is 3.33. The Balaban J connectivity index is 2.39. The first-order chi connectivity index (χ1) is 9.54. The second kappa shape index (κ2) is 8.16. The Morgan fingerprint density at radius 2 is 1.90 bits per heavy atom. The normalized spacial score (nSPS) is 11.6. The lowest BCUT2D eigenvalue weighted by Gasteiger charge is -2.17. The zero-order valence-corrected chi connectivity index (χ0v) is 11.8. The molecule has 20 heavy (non-hydrogen) atoms. The van der Waals surface area contributed by atoms with Gasteiger partial charge >= 0.3 is 6.03 Å². The van der Waals surface area contributed by atoms with Crippen LogP contribution >= 0.6 is 0 Å². The molecule has 1 aromatic rings. The van der Waals surface area contributed by atoms with E-state index in [1.807, 2.05) is 30.3 Å². The van der Waals surface area contributed by atoms with Gasteiger partial charge in [-0.25, -0.2) is 4.79 Å². The standard InChI is InChI=1S/C14H21N3O3/c1-17(2)13(19)8-9-15-14(20)16-12(10-18)11-6-4-3-5-7-11/h3-7,12,18H,8-10H2,1-2H3,(H2,15,16,20)/t12-/m1/s1. The van der Waals surface area contributed by atoms with E-state index in [1.54, 1.807) is 14.1 Å². The summed E-state index contributed by atoms with van der Waals surface area (Å²) < 4.78 is 0. The molecule has 0 bridgehead atoms. The second-order valence-corrected chi connectivity index (χ2v) is 4.58. The predicted molar refractivity (Wildman–Crippen MR) is 76.1 cm³/mol. The molecule has 110 valence electrons. The summed E-state index contributed by atoms with van der Waals surface area (Å²) in [5, 5.41) is 14.6. The van der Waals surface area contributed by atoms with E-state index in [4.69, 9.17) is 0 Å². The van der Waals surface area contributed by atoms with Crippen LogP contribution in [0.25, 0.3) is 0 Å². The zero-order valence-electron chi connectivity index (χ0n) is 11.8. The van der Waals surface area contributed by atoms with Gasteiger partial charge in [-0.05, 0) is 5.56 Å². The van der Waals surface area contributed by atoms with Gasteiger partial charge in [0.25, 0.3) is 0 Å². The smallest absolute Gasteiger partial charge is 0.315 e. The van der Waals surface area contributed by atoms with Crippen LogP contribution in [0, 0.1) is 0 Å². The summed E-state index contributed by atoms with van der Waals surface area (Å²) in [4.78, 5) is 24.5. The van der Waals surface area contributed by atoms with Crippen molar-refractivity contribution in [3.63, 3.8) is 0 Å². The number of carbonyl (C=O) groups is 2. The van der Waals surface area contributed by atoms with Crippen LogP contribution in [0.2, 0.25) is 0 Å². The van der Waals surface area contributed by atoms with Crippen molar-refractivity contribution in [3.8, 4) is 0 Å². The number of benzene rings is 1. The molecule has 6 nitrogen and oxygen atoms in total. The van der Waals surface area contributed by atoms with E-state index in [2.05, 4.69) is 10.6 Å². The van der Waals surface area contributed by atoms with Crippen LogP contribution in [0.3, 0.4) is 0 Å². The Morgan fingerprint density at radius 1 is 1.25 bits per heavy atom. The molecular formula is C14H21N3O3. The number of aliphatic hydroxyl groups excluding tert-OH is 1. The van der Waals surface area contributed by atoms with Crippen LogP contribution in [0.15, 0.2) is 30.3 Å². The van der Waals surface area contributed by atoms with Crippen molar-refractivity contribution in [3.05, 3.63) is 35.9 Å². The first-order valence-electron chi connectivity index (χ1n) is 6.45. The molecule has 0 fully saturated rings. The summed E-state index contributed by atoms with van der Waals surface area (Å²) in [6, 6.07) is 8.35. The Kier molecular flexibility index (Phi) is 6.52. The number of urea groups is 1. The molecule has 0 heterocycles. The molecule has 0 radical (unpaired) electrons. The number of nitrogens with one attached hydrogen (secondary N) is 2. The highest BCUT2D eigenvalue weighted by atomic mass is 16.3. The summed E-state index contributed by atoms with van der Waals surface area (Å²) in [6.07, 6.45) is 0.246. The Morgan fingerprint density at radius 3 is 2.45 bits per heavy atom. The average molecular weight is 279 g/mol. The van der Waals surface area contributed by atoms with Gasteiger partial charge in [0.2, 0.25) is 5.91 Å². The van der Waals surface area contributed by atoms with Gasteiger partial charge in [-0.3, -0.25) is 4.79 Å². The minimum atomic E-state index is -0.458. The fourth-order valence-corrected chi connectivity index (χ4v) is 1.64. The number of nitrogens with zero attached hydrogens (tertiary/aromatic N) is 1. The molecule has 1 rings (SSSR count). The maximum Gasteiger partial charge on any atom is 0.315 e. The average Bonchev–Trinajstić information content (AvgIpc) is 2.45. The minimum Gasteiger partial charge on any atom is -0.394 e. The van der Waals surface area contributed by atoms with E-state index in [1.165, 1.54) is 4.90 Å². The Labute approximate surface area is 118 Å². The molecule has 0 aliphatic carbocycles. The Hall–Kier alpha value is -2.08. The SMILES string of the molecule is CN(C)C(=O)CCNC(=O)N[C@H](CO)c1ccccc1. The van der Waals surface area contributed by atoms with E-state index >= 15 is 0 Å². The summed E-state index contributed by atoms with van der Waals surface area (Å²) in [5.74, 6) is -0.0490. The van der Waals surface area contributed by atoms with Crippen molar-refractivity contribution in [1.82, 2.24) is 15.5 Å². The lowest BCUT2D eigenvalue weighted by molar-refractivity contribution is -0.128. The second-order valence-electron chi connectivity index (χ2n) is 4.58. The first-order valence-corrected chi connectivity index (χ1v) is 6.45. The molecule has 0 aromatic heterocycles. The van der Waals surface area contributed by atoms with Crippen molar-refractivity contribution in [2.24, 2.45) is 0 Å². The van der Waals surface area contributed by atoms with Crippen LogP contribution < -0.4 is 10.6 Å². The molecular weight excluding hydrogens is 258 g/mol. The summed E-state index contributed by atoms with van der Waals surface area (Å²) in [6.45, 7) is 0.0733. The molecule has 1 aromatic carbocycles. The largest absolute Gasteiger partial charge is 0.394 e. The highest BCUT2D eigenvalue weighted by Crippen LogP contribution is 2.10. The molecule has 0 saturated carbocycles. The third-order valence-electron chi connectivity index (χ3n) is 2.81. The van der Waals surface area contributed by atoms with Crippen molar-refractivity contribution in [2.45, 2.75) is 12.5 Å². The maximum absolute atomic E-state index is 11.7. The van der Waals surface area contributed by atoms with Gasteiger partial charge in [0.15, 0.2) is 0 Å². The Bertz CT molecular complexity index is 435. The number of hydrogen-bond acceptors (Lipinski definition) is 3. The zero-order chi connectivity index (χ0) is 15.0. The molecule has 6 heteroatoms. The van der Waals surface area contributed by atoms with Crippen LogP contribution in [0.5, 0.6) is 0 Å². The van der Waals surface area contributed by atoms with Gasteiger partial charge < -0.3 is 20.6 Å². The molecule has 0 saturated heterocycles. The number of rotatable bonds is 6. The molecule has 1 atom stereocenters. The summed E-state index contributed by atoms with van der Waals surface area (Å²) in [5.41, 5.74) is 0.828. The molecule has 3 amide bonds. The van der Waals surface area contributed by atoms with E-state index < -0.39 is 12.1 Å². The van der Waals surface area contributed by atoms with E-state index in [0.717, 1.165) is 5.56 Å². The van der Waals surface area contributed by atoms with Gasteiger partial charge in [0.1, 0.15) is 0 Å². The van der Waals surface area contributed by atoms with Crippen LogP contribution in [-0.4, -0.2) is 49.2 Å². The maximum atomic E-state index is 11.7. The molecule has 0 aliphatic rings. The van der Waals surface area contributed by atoms with Crippen LogP contribution in [-0.2, 0) is 4.79 Å². The molecule has 0 unspecified atom stereocenters. The molecule has 0 aliphatic heterocycles. The van der Waals surface area contributed by atoms with Gasteiger partial charge in [-0.1, -0.05) is 30.3 Å². The highest BCUT2D eigenvalue weighted by Gasteiger charge is 2.13. The van der Waals surface area contributed by atoms with E-state index in [-0.39, 0.29) is 25.5 Å². The lowest BCUT2D eigenvalue weighted by atomic mass is 10.1.